The molecule has 0 N–H and O–H groups in total. The fraction of sp³-hybridized carbons (Fsp3) is 0.125. The Morgan fingerprint density at radius 2 is 1.89 bits per heavy atom. The molecule has 0 aliphatic rings. The number of benzene rings is 2. The Morgan fingerprint density at radius 1 is 1.11 bits per heavy atom. The summed E-state index contributed by atoms with van der Waals surface area (Å²) in [6.07, 6.45) is 0. The van der Waals surface area contributed by atoms with Gasteiger partial charge in [-0.25, -0.2) is 4.39 Å². The average Bonchev–Trinajstić information content (AvgIpc) is 2.40. The van der Waals surface area contributed by atoms with Crippen LogP contribution in [0.5, 0.6) is 5.75 Å². The van der Waals surface area contributed by atoms with Crippen molar-refractivity contribution in [1.29, 1.82) is 0 Å². The second kappa shape index (κ2) is 5.88. The largest absolute Gasteiger partial charge is 0.481 e. The van der Waals surface area contributed by atoms with E-state index in [9.17, 15) is 4.39 Å². The highest BCUT2D eigenvalue weighted by Crippen LogP contribution is 2.15. The summed E-state index contributed by atoms with van der Waals surface area (Å²) >= 11 is 0. The molecule has 1 nitrogen and oxygen atoms in total. The Hall–Kier alpha value is -2.27. The monoisotopic (exact) mass is 240 g/mol. The molecule has 0 saturated heterocycles. The van der Waals surface area contributed by atoms with Gasteiger partial charge in [0.25, 0.3) is 0 Å². The molecule has 0 aliphatic carbocycles. The van der Waals surface area contributed by atoms with Crippen molar-refractivity contribution in [1.82, 2.24) is 0 Å². The summed E-state index contributed by atoms with van der Waals surface area (Å²) in [7, 11) is 0. The molecule has 2 aromatic rings. The first kappa shape index (κ1) is 12.2. The molecule has 0 bridgehead atoms. The topological polar surface area (TPSA) is 9.23 Å². The number of aryl methyl sites for hydroxylation is 1. The Labute approximate surface area is 106 Å². The minimum atomic E-state index is -0.224. The lowest BCUT2D eigenvalue weighted by Gasteiger charge is -2.03. The molecule has 0 spiro atoms. The van der Waals surface area contributed by atoms with Gasteiger partial charge in [0.2, 0.25) is 0 Å². The molecular formula is C16H13FO. The standard InChI is InChI=1S/C16H13FO/c1-13-12-15(9-10-16(13)17)18-11-5-8-14-6-3-2-4-7-14/h2-4,6-7,9-10,12H,11H2,1H3. The summed E-state index contributed by atoms with van der Waals surface area (Å²) < 4.78 is 18.4. The molecule has 0 radical (unpaired) electrons. The van der Waals surface area contributed by atoms with Crippen LogP contribution in [-0.2, 0) is 0 Å². The molecule has 90 valence electrons. The van der Waals surface area contributed by atoms with Crippen molar-refractivity contribution in [2.24, 2.45) is 0 Å². The van der Waals surface area contributed by atoms with Crippen molar-refractivity contribution >= 4 is 0 Å². The second-order valence-electron chi connectivity index (χ2n) is 3.87. The van der Waals surface area contributed by atoms with Crippen molar-refractivity contribution in [2.75, 3.05) is 6.61 Å². The molecule has 0 aromatic heterocycles. The molecule has 0 atom stereocenters. The van der Waals surface area contributed by atoms with Crippen LogP contribution in [0.2, 0.25) is 0 Å². The maximum absolute atomic E-state index is 13.0. The van der Waals surface area contributed by atoms with Crippen LogP contribution >= 0.6 is 0 Å². The predicted molar refractivity (Wildman–Crippen MR) is 70.0 cm³/mol. The van der Waals surface area contributed by atoms with Crippen molar-refractivity contribution in [2.45, 2.75) is 6.92 Å². The number of halogens is 1. The maximum Gasteiger partial charge on any atom is 0.149 e. The van der Waals surface area contributed by atoms with E-state index in [-0.39, 0.29) is 5.82 Å². The van der Waals surface area contributed by atoms with E-state index in [1.54, 1.807) is 19.1 Å². The summed E-state index contributed by atoms with van der Waals surface area (Å²) in [4.78, 5) is 0. The lowest BCUT2D eigenvalue weighted by molar-refractivity contribution is 0.369. The van der Waals surface area contributed by atoms with Crippen LogP contribution in [0, 0.1) is 24.6 Å². The highest BCUT2D eigenvalue weighted by atomic mass is 19.1. The first-order valence-corrected chi connectivity index (χ1v) is 5.68. The van der Waals surface area contributed by atoms with Crippen molar-refractivity contribution < 1.29 is 9.13 Å². The second-order valence-corrected chi connectivity index (χ2v) is 3.87. The van der Waals surface area contributed by atoms with Gasteiger partial charge in [-0.1, -0.05) is 30.0 Å². The zero-order valence-electron chi connectivity index (χ0n) is 10.1. The third-order valence-electron chi connectivity index (χ3n) is 2.45. The molecule has 2 aromatic carbocycles. The lowest BCUT2D eigenvalue weighted by atomic mass is 10.2. The highest BCUT2D eigenvalue weighted by molar-refractivity contribution is 5.34. The summed E-state index contributed by atoms with van der Waals surface area (Å²) in [6, 6.07) is 14.4. The minimum Gasteiger partial charge on any atom is -0.481 e. The Bertz CT molecular complexity index is 579. The van der Waals surface area contributed by atoms with Crippen molar-refractivity contribution in [3.05, 3.63) is 65.5 Å². The summed E-state index contributed by atoms with van der Waals surface area (Å²) in [5, 5.41) is 0. The number of ether oxygens (including phenoxy) is 1. The van der Waals surface area contributed by atoms with Crippen molar-refractivity contribution in [3.8, 4) is 17.6 Å². The minimum absolute atomic E-state index is 0.224. The van der Waals surface area contributed by atoms with Gasteiger partial charge in [-0.05, 0) is 42.8 Å². The third kappa shape index (κ3) is 3.36. The van der Waals surface area contributed by atoms with Crippen LogP contribution in [0.25, 0.3) is 0 Å². The zero-order chi connectivity index (χ0) is 12.8. The Kier molecular flexibility index (Phi) is 3.98. The molecule has 0 heterocycles. The number of hydrogen-bond donors (Lipinski definition) is 0. The van der Waals surface area contributed by atoms with Gasteiger partial charge in [0.15, 0.2) is 0 Å². The molecule has 2 rings (SSSR count). The highest BCUT2D eigenvalue weighted by Gasteiger charge is 1.98. The molecule has 0 fully saturated rings. The van der Waals surface area contributed by atoms with Gasteiger partial charge >= 0.3 is 0 Å². The van der Waals surface area contributed by atoms with Gasteiger partial charge in [0.05, 0.1) is 0 Å². The van der Waals surface area contributed by atoms with Gasteiger partial charge < -0.3 is 4.74 Å². The van der Waals surface area contributed by atoms with Crippen LogP contribution in [0.4, 0.5) is 4.39 Å². The van der Waals surface area contributed by atoms with Gasteiger partial charge in [-0.2, -0.15) is 0 Å². The van der Waals surface area contributed by atoms with Gasteiger partial charge in [-0.3, -0.25) is 0 Å². The van der Waals surface area contributed by atoms with Gasteiger partial charge in [-0.15, -0.1) is 0 Å². The SMILES string of the molecule is Cc1cc(OCC#Cc2ccccc2)ccc1F. The van der Waals surface area contributed by atoms with Crippen LogP contribution in [0.1, 0.15) is 11.1 Å². The van der Waals surface area contributed by atoms with Crippen LogP contribution < -0.4 is 4.74 Å². The number of rotatable bonds is 2. The molecule has 18 heavy (non-hydrogen) atoms. The first-order chi connectivity index (χ1) is 8.75. The molecular weight excluding hydrogens is 227 g/mol. The molecule has 0 unspecified atom stereocenters. The molecule has 2 heteroatoms. The van der Waals surface area contributed by atoms with E-state index in [2.05, 4.69) is 11.8 Å². The van der Waals surface area contributed by atoms with E-state index in [0.29, 0.717) is 17.9 Å². The predicted octanol–water partition coefficient (Wildman–Crippen LogP) is 3.56. The fourth-order valence-electron chi connectivity index (χ4n) is 1.49. The quantitative estimate of drug-likeness (QED) is 0.729. The van der Waals surface area contributed by atoms with Gasteiger partial charge in [0, 0.05) is 5.56 Å². The zero-order valence-corrected chi connectivity index (χ0v) is 10.1. The normalized spacial score (nSPS) is 9.44. The average molecular weight is 240 g/mol. The summed E-state index contributed by atoms with van der Waals surface area (Å²) in [6.45, 7) is 2.00. The summed E-state index contributed by atoms with van der Waals surface area (Å²) in [5.74, 6) is 6.32. The van der Waals surface area contributed by atoms with E-state index in [4.69, 9.17) is 4.74 Å². The number of hydrogen-bond acceptors (Lipinski definition) is 1. The maximum atomic E-state index is 13.0. The molecule has 0 amide bonds. The first-order valence-electron chi connectivity index (χ1n) is 5.68. The van der Waals surface area contributed by atoms with E-state index >= 15 is 0 Å². The Morgan fingerprint density at radius 3 is 2.61 bits per heavy atom. The summed E-state index contributed by atoms with van der Waals surface area (Å²) in [5.41, 5.74) is 1.53. The van der Waals surface area contributed by atoms with Crippen LogP contribution in [0.15, 0.2) is 48.5 Å². The van der Waals surface area contributed by atoms with E-state index < -0.39 is 0 Å². The smallest absolute Gasteiger partial charge is 0.149 e. The van der Waals surface area contributed by atoms with Gasteiger partial charge in [0.1, 0.15) is 18.2 Å². The molecule has 0 saturated carbocycles. The van der Waals surface area contributed by atoms with E-state index in [0.717, 1.165) is 5.56 Å². The van der Waals surface area contributed by atoms with E-state index in [1.807, 2.05) is 30.3 Å². The van der Waals surface area contributed by atoms with Crippen LogP contribution in [-0.4, -0.2) is 6.61 Å². The lowest BCUT2D eigenvalue weighted by Crippen LogP contribution is -1.95. The van der Waals surface area contributed by atoms with E-state index in [1.165, 1.54) is 6.07 Å². The molecule has 0 aliphatic heterocycles. The van der Waals surface area contributed by atoms with Crippen molar-refractivity contribution in [3.63, 3.8) is 0 Å². The Balaban J connectivity index is 1.93. The van der Waals surface area contributed by atoms with Crippen LogP contribution in [0.3, 0.4) is 0 Å². The third-order valence-corrected chi connectivity index (χ3v) is 2.45. The fourth-order valence-corrected chi connectivity index (χ4v) is 1.49.